The van der Waals surface area contributed by atoms with Gasteiger partial charge in [-0.3, -0.25) is 14.3 Å². The van der Waals surface area contributed by atoms with Gasteiger partial charge in [0.05, 0.1) is 12.7 Å². The molecule has 1 spiro atoms. The van der Waals surface area contributed by atoms with Crippen LogP contribution in [-0.2, 0) is 4.74 Å². The lowest BCUT2D eigenvalue weighted by Gasteiger charge is -2.19. The topological polar surface area (TPSA) is 105 Å². The Hall–Kier alpha value is -1.44. The van der Waals surface area contributed by atoms with Gasteiger partial charge >= 0.3 is 5.69 Å². The highest BCUT2D eigenvalue weighted by atomic mass is 16.5. The molecule has 2 atom stereocenters. The summed E-state index contributed by atoms with van der Waals surface area (Å²) in [5, 5.41) is 16.1. The minimum atomic E-state index is -0.452. The number of aliphatic hydroxyl groups excluding tert-OH is 2. The minimum absolute atomic E-state index is 0.0184. The average molecular weight is 270 g/mol. The van der Waals surface area contributed by atoms with Crippen molar-refractivity contribution in [1.29, 1.82) is 0 Å². The number of aromatic nitrogens is 2. The lowest BCUT2D eigenvalue weighted by molar-refractivity contribution is -0.0390. The summed E-state index contributed by atoms with van der Waals surface area (Å²) in [7, 11) is 1.00. The molecule has 7 heteroatoms. The van der Waals surface area contributed by atoms with E-state index in [-0.39, 0.29) is 24.4 Å². The zero-order chi connectivity index (χ0) is 14.0. The van der Waals surface area contributed by atoms with E-state index >= 15 is 0 Å². The molecule has 0 aromatic carbocycles. The normalized spacial score (nSPS) is 26.9. The molecule has 1 unspecified atom stereocenters. The van der Waals surface area contributed by atoms with Gasteiger partial charge in [0.2, 0.25) is 0 Å². The van der Waals surface area contributed by atoms with E-state index < -0.39 is 11.2 Å². The number of nitrogens with one attached hydrogen (secondary N) is 1. The Kier molecular flexibility index (Phi) is 3.88. The maximum atomic E-state index is 11.7. The number of hydrogen-bond acceptors (Lipinski definition) is 5. The van der Waals surface area contributed by atoms with Crippen molar-refractivity contribution in [3.05, 3.63) is 33.1 Å². The van der Waals surface area contributed by atoms with E-state index in [1.165, 1.54) is 16.8 Å². The first-order chi connectivity index (χ1) is 9.14. The molecule has 3 N–H and O–H groups in total. The Balaban J connectivity index is 0.000000637. The molecule has 106 valence electrons. The van der Waals surface area contributed by atoms with Crippen molar-refractivity contribution in [3.8, 4) is 0 Å². The number of aromatic amines is 1. The predicted molar refractivity (Wildman–Crippen MR) is 66.7 cm³/mol. The minimum Gasteiger partial charge on any atom is -0.400 e. The van der Waals surface area contributed by atoms with Crippen LogP contribution in [0.4, 0.5) is 0 Å². The summed E-state index contributed by atoms with van der Waals surface area (Å²) in [6, 6.07) is 1.31. The molecular weight excluding hydrogens is 252 g/mol. The van der Waals surface area contributed by atoms with E-state index in [1.807, 2.05) is 0 Å². The highest BCUT2D eigenvalue weighted by Crippen LogP contribution is 2.62. The van der Waals surface area contributed by atoms with E-state index in [1.54, 1.807) is 0 Å². The van der Waals surface area contributed by atoms with Crippen molar-refractivity contribution in [2.75, 3.05) is 13.7 Å². The Labute approximate surface area is 109 Å². The van der Waals surface area contributed by atoms with Crippen LogP contribution in [-0.4, -0.2) is 39.6 Å². The van der Waals surface area contributed by atoms with Crippen molar-refractivity contribution in [2.45, 2.75) is 31.6 Å². The van der Waals surface area contributed by atoms with Gasteiger partial charge in [-0.1, -0.05) is 0 Å². The monoisotopic (exact) mass is 270 g/mol. The molecule has 0 radical (unpaired) electrons. The summed E-state index contributed by atoms with van der Waals surface area (Å²) in [4.78, 5) is 24.9. The average Bonchev–Trinajstić information content (AvgIpc) is 3.08. The van der Waals surface area contributed by atoms with Gasteiger partial charge in [-0.25, -0.2) is 4.79 Å². The van der Waals surface area contributed by atoms with Gasteiger partial charge in [0, 0.05) is 24.8 Å². The number of H-pyrrole nitrogens is 1. The Morgan fingerprint density at radius 1 is 1.47 bits per heavy atom. The third-order valence-corrected chi connectivity index (χ3v) is 3.68. The standard InChI is InChI=1S/C11H14N2O4.CH4O/c14-6-7-5-11(2-3-11)9(17-7)13-4-1-8(15)12-10(13)16;1-2/h1,4,7,9,14H,2-3,5-6H2,(H,12,15,16);2H,1H3/t7?,9-;/m1./s1. The number of hydrogen-bond donors (Lipinski definition) is 3. The van der Waals surface area contributed by atoms with Crippen LogP contribution in [0.15, 0.2) is 21.9 Å². The first-order valence-electron chi connectivity index (χ1n) is 6.17. The molecule has 2 aliphatic rings. The summed E-state index contributed by atoms with van der Waals surface area (Å²) in [5.74, 6) is 0. The highest BCUT2D eigenvalue weighted by Gasteiger charge is 2.57. The molecule has 1 aliphatic carbocycles. The highest BCUT2D eigenvalue weighted by molar-refractivity contribution is 5.04. The van der Waals surface area contributed by atoms with Crippen molar-refractivity contribution < 1.29 is 14.9 Å². The molecule has 7 nitrogen and oxygen atoms in total. The van der Waals surface area contributed by atoms with Crippen LogP contribution in [0.2, 0.25) is 0 Å². The number of rotatable bonds is 2. The quantitative estimate of drug-likeness (QED) is 0.653. The fraction of sp³-hybridized carbons (Fsp3) is 0.667. The molecule has 0 amide bonds. The lowest BCUT2D eigenvalue weighted by Crippen LogP contribution is -2.34. The van der Waals surface area contributed by atoms with Crippen LogP contribution < -0.4 is 11.2 Å². The summed E-state index contributed by atoms with van der Waals surface area (Å²) in [5.41, 5.74) is -0.879. The fourth-order valence-electron chi connectivity index (χ4n) is 2.62. The molecule has 2 heterocycles. The summed E-state index contributed by atoms with van der Waals surface area (Å²) < 4.78 is 7.11. The maximum Gasteiger partial charge on any atom is 0.330 e. The van der Waals surface area contributed by atoms with Gasteiger partial charge in [0.25, 0.3) is 5.56 Å². The van der Waals surface area contributed by atoms with Crippen molar-refractivity contribution in [1.82, 2.24) is 9.55 Å². The molecule has 19 heavy (non-hydrogen) atoms. The predicted octanol–water partition coefficient (Wildman–Crippen LogP) is -0.795. The summed E-state index contributed by atoms with van der Waals surface area (Å²) >= 11 is 0. The van der Waals surface area contributed by atoms with Crippen LogP contribution in [0.25, 0.3) is 0 Å². The van der Waals surface area contributed by atoms with Crippen LogP contribution in [0.1, 0.15) is 25.5 Å². The van der Waals surface area contributed by atoms with Crippen molar-refractivity contribution in [2.24, 2.45) is 5.41 Å². The maximum absolute atomic E-state index is 11.7. The second-order valence-corrected chi connectivity index (χ2v) is 4.88. The molecule has 2 fully saturated rings. The third-order valence-electron chi connectivity index (χ3n) is 3.68. The van der Waals surface area contributed by atoms with Gasteiger partial charge in [-0.15, -0.1) is 0 Å². The van der Waals surface area contributed by atoms with Gasteiger partial charge in [0.1, 0.15) is 6.23 Å². The first-order valence-corrected chi connectivity index (χ1v) is 6.17. The molecule has 1 saturated heterocycles. The van der Waals surface area contributed by atoms with E-state index in [0.29, 0.717) is 0 Å². The summed E-state index contributed by atoms with van der Waals surface area (Å²) in [6.07, 6.45) is 3.68. The molecule has 0 bridgehead atoms. The van der Waals surface area contributed by atoms with Crippen molar-refractivity contribution >= 4 is 0 Å². The van der Waals surface area contributed by atoms with Gasteiger partial charge < -0.3 is 14.9 Å². The van der Waals surface area contributed by atoms with E-state index in [9.17, 15) is 9.59 Å². The van der Waals surface area contributed by atoms with Crippen LogP contribution in [0.5, 0.6) is 0 Å². The number of aliphatic hydroxyl groups is 2. The molecule has 1 saturated carbocycles. The largest absolute Gasteiger partial charge is 0.400 e. The van der Waals surface area contributed by atoms with E-state index in [2.05, 4.69) is 4.98 Å². The van der Waals surface area contributed by atoms with Crippen LogP contribution >= 0.6 is 0 Å². The second kappa shape index (κ2) is 5.28. The first kappa shape index (κ1) is 14.0. The zero-order valence-electron chi connectivity index (χ0n) is 10.7. The van der Waals surface area contributed by atoms with Gasteiger partial charge in [-0.2, -0.15) is 0 Å². The van der Waals surface area contributed by atoms with Crippen LogP contribution in [0, 0.1) is 5.41 Å². The zero-order valence-corrected chi connectivity index (χ0v) is 10.7. The lowest BCUT2D eigenvalue weighted by atomic mass is 10.0. The number of ether oxygens (including phenoxy) is 1. The van der Waals surface area contributed by atoms with Crippen molar-refractivity contribution in [3.63, 3.8) is 0 Å². The number of nitrogens with zero attached hydrogens (tertiary/aromatic N) is 1. The van der Waals surface area contributed by atoms with E-state index in [4.69, 9.17) is 14.9 Å². The van der Waals surface area contributed by atoms with Crippen LogP contribution in [0.3, 0.4) is 0 Å². The van der Waals surface area contributed by atoms with Gasteiger partial charge in [0.15, 0.2) is 0 Å². The van der Waals surface area contributed by atoms with Gasteiger partial charge in [-0.05, 0) is 19.3 Å². The smallest absolute Gasteiger partial charge is 0.330 e. The SMILES string of the molecule is CO.O=c1ccn([C@@H]2OC(CO)CC23CC3)c(=O)[nH]1. The Bertz CT molecular complexity index is 546. The molecule has 3 rings (SSSR count). The molecule has 1 aromatic heterocycles. The summed E-state index contributed by atoms with van der Waals surface area (Å²) in [6.45, 7) is -0.0314. The molecule has 1 aromatic rings. The second-order valence-electron chi connectivity index (χ2n) is 4.88. The van der Waals surface area contributed by atoms with E-state index in [0.717, 1.165) is 26.4 Å². The third kappa shape index (κ3) is 2.49. The Morgan fingerprint density at radius 2 is 2.16 bits per heavy atom. The molecular formula is C12H18N2O5. The Morgan fingerprint density at radius 3 is 2.68 bits per heavy atom. The fourth-order valence-corrected chi connectivity index (χ4v) is 2.62. The molecule has 1 aliphatic heterocycles.